The first-order valence-electron chi connectivity index (χ1n) is 18.0. The van der Waals surface area contributed by atoms with Gasteiger partial charge in [0.15, 0.2) is 0 Å². The molecule has 0 bridgehead atoms. The van der Waals surface area contributed by atoms with Crippen LogP contribution in [-0.4, -0.2) is 101 Å². The number of fused-ring (bicyclic) bond motifs is 2. The van der Waals surface area contributed by atoms with Crippen LogP contribution in [0.4, 0.5) is 4.79 Å². The van der Waals surface area contributed by atoms with Crippen LogP contribution >= 0.6 is 0 Å². The molecule has 9 nitrogen and oxygen atoms in total. The molecule has 0 spiro atoms. The Bertz CT molecular complexity index is 1650. The van der Waals surface area contributed by atoms with Gasteiger partial charge in [-0.3, -0.25) is 0 Å². The van der Waals surface area contributed by atoms with E-state index in [1.807, 2.05) is 74.3 Å². The van der Waals surface area contributed by atoms with E-state index in [0.717, 1.165) is 70.8 Å². The van der Waals surface area contributed by atoms with Gasteiger partial charge in [0, 0.05) is 35.9 Å². The predicted octanol–water partition coefficient (Wildman–Crippen LogP) is 6.81. The Morgan fingerprint density at radius 1 is 0.740 bits per heavy atom. The Morgan fingerprint density at radius 2 is 1.18 bits per heavy atom. The molecule has 0 radical (unpaired) electrons. The molecule has 4 aromatic rings. The molecule has 2 fully saturated rings. The summed E-state index contributed by atoms with van der Waals surface area (Å²) in [6, 6.07) is 25.4. The number of rotatable bonds is 7. The Morgan fingerprint density at radius 3 is 1.64 bits per heavy atom. The number of nitrogens with one attached hydrogen (secondary N) is 2. The van der Waals surface area contributed by atoms with E-state index >= 15 is 0 Å². The summed E-state index contributed by atoms with van der Waals surface area (Å²) in [7, 11) is 11.6. The van der Waals surface area contributed by atoms with Gasteiger partial charge >= 0.3 is 6.03 Å². The number of urea groups is 1. The summed E-state index contributed by atoms with van der Waals surface area (Å²) in [4.78, 5) is 19.3. The van der Waals surface area contributed by atoms with Crippen LogP contribution in [0.15, 0.2) is 72.8 Å². The highest BCUT2D eigenvalue weighted by Gasteiger charge is 2.25. The monoisotopic (exact) mass is 684 g/mol. The molecule has 4 N–H and O–H groups in total. The van der Waals surface area contributed by atoms with E-state index in [0.29, 0.717) is 6.04 Å². The number of carbonyl (C=O) groups is 1. The summed E-state index contributed by atoms with van der Waals surface area (Å²) >= 11 is 0. The first kappa shape index (κ1) is 38.9. The highest BCUT2D eigenvalue weighted by molar-refractivity contribution is 5.92. The van der Waals surface area contributed by atoms with Gasteiger partial charge in [0.1, 0.15) is 11.5 Å². The normalized spacial score (nSPS) is 17.1. The number of carbonyl (C=O) groups excluding carboxylic acids is 1. The van der Waals surface area contributed by atoms with Crippen molar-refractivity contribution in [1.29, 1.82) is 0 Å². The van der Waals surface area contributed by atoms with Crippen LogP contribution in [0.5, 0.6) is 11.5 Å². The fraction of sp³-hybridized carbons (Fsp3) is 0.488. The maximum Gasteiger partial charge on any atom is 0.317 e. The second kappa shape index (κ2) is 18.9. The molecular formula is C41H60N6O3. The molecule has 272 valence electrons. The molecule has 2 aliphatic rings. The quantitative estimate of drug-likeness (QED) is 0.197. The highest BCUT2D eigenvalue weighted by Crippen LogP contribution is 2.32. The van der Waals surface area contributed by atoms with E-state index in [1.54, 1.807) is 14.2 Å². The van der Waals surface area contributed by atoms with Gasteiger partial charge in [-0.25, -0.2) is 4.79 Å². The van der Waals surface area contributed by atoms with Crippen LogP contribution in [0.2, 0.25) is 0 Å². The molecular weight excluding hydrogens is 624 g/mol. The van der Waals surface area contributed by atoms with Crippen LogP contribution < -0.4 is 25.8 Å². The smallest absolute Gasteiger partial charge is 0.317 e. The maximum absolute atomic E-state index is 12.7. The minimum atomic E-state index is -0.0768. The molecule has 2 atom stereocenters. The molecule has 2 saturated heterocycles. The minimum Gasteiger partial charge on any atom is -0.496 e. The number of hydrogen-bond donors (Lipinski definition) is 3. The van der Waals surface area contributed by atoms with Crippen molar-refractivity contribution in [3.8, 4) is 11.5 Å². The molecule has 4 aromatic carbocycles. The molecule has 2 aliphatic heterocycles. The van der Waals surface area contributed by atoms with E-state index in [-0.39, 0.29) is 18.1 Å². The lowest BCUT2D eigenvalue weighted by Gasteiger charge is -2.35. The lowest BCUT2D eigenvalue weighted by molar-refractivity contribution is 0.146. The Labute approximate surface area is 300 Å². The van der Waals surface area contributed by atoms with Crippen LogP contribution in [-0.2, 0) is 0 Å². The molecule has 9 heteroatoms. The predicted molar refractivity (Wildman–Crippen MR) is 208 cm³/mol. The van der Waals surface area contributed by atoms with Crippen molar-refractivity contribution >= 4 is 27.6 Å². The van der Waals surface area contributed by atoms with Crippen molar-refractivity contribution in [3.63, 3.8) is 0 Å². The molecule has 0 aromatic heterocycles. The van der Waals surface area contributed by atoms with Crippen molar-refractivity contribution in [2.45, 2.75) is 63.7 Å². The van der Waals surface area contributed by atoms with Crippen molar-refractivity contribution in [2.75, 3.05) is 68.6 Å². The summed E-state index contributed by atoms with van der Waals surface area (Å²) < 4.78 is 10.8. The zero-order chi connectivity index (χ0) is 36.2. The van der Waals surface area contributed by atoms with Crippen molar-refractivity contribution < 1.29 is 14.3 Å². The SMILES string of the molecule is CNC1CCN(C)CC1.COc1ccc(C(C)N)c2ccccc12.COc1ccc(C(C)NC(=O)N(C)C2CCN(C)CC2)c2ccccc12. The number of methoxy groups -OCH3 is 2. The lowest BCUT2D eigenvalue weighted by atomic mass is 9.99. The number of nitrogens with zero attached hydrogens (tertiary/aromatic N) is 3. The number of benzene rings is 4. The largest absolute Gasteiger partial charge is 0.496 e. The van der Waals surface area contributed by atoms with Crippen LogP contribution in [0.1, 0.15) is 62.7 Å². The Kier molecular flexibility index (Phi) is 14.7. The van der Waals surface area contributed by atoms with Crippen LogP contribution in [0.3, 0.4) is 0 Å². The summed E-state index contributed by atoms with van der Waals surface area (Å²) in [6.45, 7) is 8.63. The summed E-state index contributed by atoms with van der Waals surface area (Å²) in [6.07, 6.45) is 4.68. The Hall–Kier alpha value is -3.89. The van der Waals surface area contributed by atoms with Gasteiger partial charge in [0.25, 0.3) is 0 Å². The van der Waals surface area contributed by atoms with Crippen molar-refractivity contribution in [2.24, 2.45) is 5.73 Å². The average Bonchev–Trinajstić information content (AvgIpc) is 3.14. The van der Waals surface area contributed by atoms with E-state index in [1.165, 1.54) is 31.3 Å². The van der Waals surface area contributed by atoms with Crippen molar-refractivity contribution in [3.05, 3.63) is 83.9 Å². The van der Waals surface area contributed by atoms with E-state index < -0.39 is 0 Å². The third-order valence-corrected chi connectivity index (χ3v) is 10.3. The number of nitrogens with two attached hydrogens (primary N) is 1. The molecule has 0 saturated carbocycles. The standard InChI is InChI=1S/C21H29N3O2.C13H15NO.C7H16N2/c1-15(22-21(25)24(3)16-11-13-23(2)14-12-16)17-9-10-20(26-4)19-8-6-5-7-18(17)19;1-9(14)10-7-8-13(15-2)12-6-4-3-5-11(10)12;1-8-7-3-5-9(2)6-4-7/h5-10,15-16H,11-14H2,1-4H3,(H,22,25);3-9H,14H2,1-2H3;7-8H,3-6H2,1-2H3. The first-order valence-corrected chi connectivity index (χ1v) is 18.0. The third kappa shape index (κ3) is 10.1. The average molecular weight is 685 g/mol. The van der Waals surface area contributed by atoms with Gasteiger partial charge in [-0.15, -0.1) is 0 Å². The van der Waals surface area contributed by atoms with Crippen molar-refractivity contribution in [1.82, 2.24) is 25.3 Å². The molecule has 50 heavy (non-hydrogen) atoms. The third-order valence-electron chi connectivity index (χ3n) is 10.3. The Balaban J connectivity index is 0.000000195. The molecule has 2 heterocycles. The van der Waals surface area contributed by atoms with Gasteiger partial charge < -0.3 is 40.5 Å². The number of ether oxygens (including phenoxy) is 2. The maximum atomic E-state index is 12.7. The number of hydrogen-bond acceptors (Lipinski definition) is 7. The number of likely N-dealkylation sites (tertiary alicyclic amines) is 2. The minimum absolute atomic E-state index is 0.00745. The van der Waals surface area contributed by atoms with E-state index in [4.69, 9.17) is 15.2 Å². The summed E-state index contributed by atoms with van der Waals surface area (Å²) in [5.74, 6) is 1.75. The second-order valence-electron chi connectivity index (χ2n) is 13.8. The van der Waals surface area contributed by atoms with Gasteiger partial charge in [0.2, 0.25) is 0 Å². The van der Waals surface area contributed by atoms with Gasteiger partial charge in [-0.05, 0) is 121 Å². The zero-order valence-corrected chi connectivity index (χ0v) is 31.5. The van der Waals surface area contributed by atoms with Gasteiger partial charge in [-0.2, -0.15) is 0 Å². The second-order valence-corrected chi connectivity index (χ2v) is 13.8. The summed E-state index contributed by atoms with van der Waals surface area (Å²) in [5.41, 5.74) is 8.19. The zero-order valence-electron chi connectivity index (χ0n) is 31.5. The van der Waals surface area contributed by atoms with Gasteiger partial charge in [-0.1, -0.05) is 60.7 Å². The van der Waals surface area contributed by atoms with E-state index in [9.17, 15) is 4.79 Å². The first-order chi connectivity index (χ1) is 24.1. The number of piperidine rings is 2. The topological polar surface area (TPSA) is 95.3 Å². The fourth-order valence-electron chi connectivity index (χ4n) is 6.93. The molecule has 2 amide bonds. The van der Waals surface area contributed by atoms with Gasteiger partial charge in [0.05, 0.1) is 20.3 Å². The fourth-order valence-corrected chi connectivity index (χ4v) is 6.93. The highest BCUT2D eigenvalue weighted by atomic mass is 16.5. The van der Waals surface area contributed by atoms with Crippen LogP contribution in [0.25, 0.3) is 21.5 Å². The molecule has 6 rings (SSSR count). The molecule has 0 aliphatic carbocycles. The summed E-state index contributed by atoms with van der Waals surface area (Å²) in [5, 5.41) is 10.9. The van der Waals surface area contributed by atoms with E-state index in [2.05, 4.69) is 65.8 Å². The molecule has 2 unspecified atom stereocenters. The lowest BCUT2D eigenvalue weighted by Crippen LogP contribution is -2.48. The number of amides is 2. The van der Waals surface area contributed by atoms with Crippen LogP contribution in [0, 0.1) is 0 Å².